The molecule has 10 atom stereocenters. The molecule has 2 aromatic rings. The number of carbonyl (C=O) groups is 8. The van der Waals surface area contributed by atoms with Crippen LogP contribution in [0.15, 0.2) is 54.6 Å². The van der Waals surface area contributed by atoms with Crippen molar-refractivity contribution in [2.24, 2.45) is 23.7 Å². The van der Waals surface area contributed by atoms with Crippen LogP contribution in [0.25, 0.3) is 0 Å². The molecule has 6 rings (SSSR count). The molecule has 2 aromatic carbocycles. The Balaban J connectivity index is 1.58. The van der Waals surface area contributed by atoms with Crippen LogP contribution in [-0.4, -0.2) is 169 Å². The average molecular weight is 1050 g/mol. The van der Waals surface area contributed by atoms with Crippen molar-refractivity contribution >= 4 is 53.2 Å². The van der Waals surface area contributed by atoms with Crippen LogP contribution in [0.5, 0.6) is 0 Å². The molecule has 18 heteroatoms. The molecule has 2 bridgehead atoms. The Morgan fingerprint density at radius 3 is 1.09 bits per heavy atom. The number of amides is 4. The first kappa shape index (κ1) is 59.8. The molecule has 0 saturated carbocycles. The zero-order chi connectivity index (χ0) is 55.6. The minimum atomic E-state index is -1.50. The Bertz CT molecular complexity index is 2280. The van der Waals surface area contributed by atoms with E-state index < -0.39 is 96.1 Å². The SMILES string of the molecule is CC(C)C[C@H]1C(=O)O[C@H](Cc2ccc(N3CC4CC(C3)N4)cc2)C(=O)N(C)[C@@H](CC(C)C)C(=O)O[C@H](C)C(=O)N(C)[C@@H](CC(C)C)C(=O)O[C@H](Cc2ccccc2)C(=O)N(C)[C@@H](CC(C)C)C(=O)O[C@H](C)C(=O)N1C. The first-order valence-corrected chi connectivity index (χ1v) is 26.8. The Morgan fingerprint density at radius 2 is 0.760 bits per heavy atom. The Morgan fingerprint density at radius 1 is 0.453 bits per heavy atom. The van der Waals surface area contributed by atoms with Crippen LogP contribution in [0.3, 0.4) is 0 Å². The second kappa shape index (κ2) is 26.6. The summed E-state index contributed by atoms with van der Waals surface area (Å²) < 4.78 is 24.1. The number of piperazine rings is 1. The third-order valence-corrected chi connectivity index (χ3v) is 14.4. The van der Waals surface area contributed by atoms with E-state index in [4.69, 9.17) is 18.9 Å². The first-order valence-electron chi connectivity index (χ1n) is 26.8. The topological polar surface area (TPSA) is 202 Å². The number of hydrogen-bond acceptors (Lipinski definition) is 14. The zero-order valence-corrected chi connectivity index (χ0v) is 46.8. The van der Waals surface area contributed by atoms with Crippen molar-refractivity contribution in [2.45, 2.75) is 175 Å². The lowest BCUT2D eigenvalue weighted by atomic mass is 9.91. The maximum Gasteiger partial charge on any atom is 0.329 e. The summed E-state index contributed by atoms with van der Waals surface area (Å²) in [5, 5.41) is 3.54. The summed E-state index contributed by atoms with van der Waals surface area (Å²) in [7, 11) is 5.62. The van der Waals surface area contributed by atoms with E-state index in [-0.39, 0.29) is 62.2 Å². The van der Waals surface area contributed by atoms with Crippen molar-refractivity contribution in [3.8, 4) is 0 Å². The first-order chi connectivity index (χ1) is 35.2. The zero-order valence-electron chi connectivity index (χ0n) is 46.8. The normalized spacial score (nSPS) is 27.6. The highest BCUT2D eigenvalue weighted by Gasteiger charge is 2.43. The van der Waals surface area contributed by atoms with Gasteiger partial charge in [-0.15, -0.1) is 0 Å². The molecule has 4 aliphatic rings. The van der Waals surface area contributed by atoms with E-state index in [0.29, 0.717) is 23.2 Å². The number of benzene rings is 2. The number of likely N-dealkylation sites (N-methyl/N-ethyl adjacent to an activating group) is 4. The van der Waals surface area contributed by atoms with Crippen LogP contribution in [0.1, 0.15) is 112 Å². The van der Waals surface area contributed by atoms with Gasteiger partial charge in [-0.05, 0) is 92.9 Å². The molecular weight excluding hydrogens is 961 g/mol. The molecule has 0 spiro atoms. The van der Waals surface area contributed by atoms with Gasteiger partial charge in [-0.25, -0.2) is 19.2 Å². The highest BCUT2D eigenvalue weighted by atomic mass is 16.6. The molecule has 18 nitrogen and oxygen atoms in total. The Hall–Kier alpha value is -6.04. The largest absolute Gasteiger partial charge is 0.451 e. The van der Waals surface area contributed by atoms with Gasteiger partial charge < -0.3 is 48.8 Å². The number of rotatable bonds is 13. The van der Waals surface area contributed by atoms with E-state index in [1.54, 1.807) is 30.3 Å². The number of ether oxygens (including phenoxy) is 4. The van der Waals surface area contributed by atoms with Gasteiger partial charge in [0.25, 0.3) is 23.6 Å². The molecule has 4 fully saturated rings. The molecule has 2 unspecified atom stereocenters. The van der Waals surface area contributed by atoms with Crippen LogP contribution in [-0.2, 0) is 70.1 Å². The number of piperidine rings is 1. The van der Waals surface area contributed by atoms with Gasteiger partial charge in [-0.1, -0.05) is 97.9 Å². The van der Waals surface area contributed by atoms with Crippen LogP contribution in [0.4, 0.5) is 5.69 Å². The molecule has 0 aromatic heterocycles. The summed E-state index contributed by atoms with van der Waals surface area (Å²) in [4.78, 5) is 123. The van der Waals surface area contributed by atoms with Gasteiger partial charge in [0.2, 0.25) is 0 Å². The molecule has 4 saturated heterocycles. The number of cyclic esters (lactones) is 4. The van der Waals surface area contributed by atoms with E-state index in [2.05, 4.69) is 10.2 Å². The Kier molecular flexibility index (Phi) is 21.2. The van der Waals surface area contributed by atoms with Gasteiger partial charge in [0.1, 0.15) is 24.2 Å². The standard InChI is InChI=1S/C57H84N6O12/c1-33(2)24-44-54(68)72-38(10)51(65)60(12)47(27-36(7)8)57(71)75-49(29-40-20-22-43(23-21-40)63-31-41-30-42(32-63)58-41)53(67)62(14)45(25-34(3)4)55(69)73-37(9)50(64)59(11)46(26-35(5)6)56(70)74-48(52(66)61(44)13)28-39-18-16-15-17-19-39/h15-23,33-38,41-42,44-49,58H,24-32H2,1-14H3/t37-,38-,41?,42?,44+,45+,46+,47+,48-,49-/m1/s1. The number of nitrogens with one attached hydrogen (secondary N) is 1. The second-order valence-corrected chi connectivity index (χ2v) is 22.6. The van der Waals surface area contributed by atoms with Crippen LogP contribution in [0.2, 0.25) is 0 Å². The number of carbonyl (C=O) groups excluding carboxylic acids is 8. The van der Waals surface area contributed by atoms with E-state index in [9.17, 15) is 38.4 Å². The Labute approximate surface area is 444 Å². The van der Waals surface area contributed by atoms with Gasteiger partial charge in [0, 0.05) is 71.9 Å². The number of anilines is 1. The molecule has 4 amide bonds. The fraction of sp³-hybridized carbons (Fsp3) is 0.649. The van der Waals surface area contributed by atoms with E-state index >= 15 is 0 Å². The van der Waals surface area contributed by atoms with Crippen LogP contribution < -0.4 is 10.2 Å². The van der Waals surface area contributed by atoms with Gasteiger partial charge in [0.15, 0.2) is 24.4 Å². The molecule has 4 aliphatic heterocycles. The highest BCUT2D eigenvalue weighted by Crippen LogP contribution is 2.28. The van der Waals surface area contributed by atoms with E-state index in [1.807, 2.05) is 79.7 Å². The van der Waals surface area contributed by atoms with Gasteiger partial charge in [-0.3, -0.25) is 19.2 Å². The van der Waals surface area contributed by atoms with Crippen molar-refractivity contribution in [1.82, 2.24) is 24.9 Å². The fourth-order valence-corrected chi connectivity index (χ4v) is 10.1. The maximum absolute atomic E-state index is 15.0. The summed E-state index contributed by atoms with van der Waals surface area (Å²) >= 11 is 0. The van der Waals surface area contributed by atoms with E-state index in [1.165, 1.54) is 46.9 Å². The molecule has 4 heterocycles. The van der Waals surface area contributed by atoms with Crippen molar-refractivity contribution < 1.29 is 57.3 Å². The summed E-state index contributed by atoms with van der Waals surface area (Å²) in [5.41, 5.74) is 2.33. The summed E-state index contributed by atoms with van der Waals surface area (Å²) in [5.74, 6) is -7.13. The lowest BCUT2D eigenvalue weighted by molar-refractivity contribution is -0.176. The molecule has 75 heavy (non-hydrogen) atoms. The minimum Gasteiger partial charge on any atom is -0.451 e. The van der Waals surface area contributed by atoms with Gasteiger partial charge >= 0.3 is 23.9 Å². The highest BCUT2D eigenvalue weighted by molar-refractivity contribution is 5.94. The van der Waals surface area contributed by atoms with E-state index in [0.717, 1.165) is 39.9 Å². The smallest absolute Gasteiger partial charge is 0.329 e. The molecule has 414 valence electrons. The van der Waals surface area contributed by atoms with Crippen LogP contribution >= 0.6 is 0 Å². The maximum atomic E-state index is 15.0. The van der Waals surface area contributed by atoms with Crippen molar-refractivity contribution in [1.29, 1.82) is 0 Å². The predicted molar refractivity (Wildman–Crippen MR) is 283 cm³/mol. The third kappa shape index (κ3) is 16.0. The number of fused-ring (bicyclic) bond motifs is 2. The number of nitrogens with zero attached hydrogens (tertiary/aromatic N) is 5. The third-order valence-electron chi connectivity index (χ3n) is 14.4. The van der Waals surface area contributed by atoms with Gasteiger partial charge in [-0.2, -0.15) is 0 Å². The summed E-state index contributed by atoms with van der Waals surface area (Å²) in [6.07, 6.45) is -4.48. The number of hydrogen-bond donors (Lipinski definition) is 1. The second-order valence-electron chi connectivity index (χ2n) is 22.6. The fourth-order valence-electron chi connectivity index (χ4n) is 10.1. The molecule has 0 radical (unpaired) electrons. The quantitative estimate of drug-likeness (QED) is 0.202. The summed E-state index contributed by atoms with van der Waals surface area (Å²) in [6.45, 7) is 19.4. The number of esters is 4. The van der Waals surface area contributed by atoms with Crippen LogP contribution in [0, 0.1) is 23.7 Å². The molecule has 0 aliphatic carbocycles. The van der Waals surface area contributed by atoms with Crippen molar-refractivity contribution in [2.75, 3.05) is 46.2 Å². The lowest BCUT2D eigenvalue weighted by Gasteiger charge is -2.49. The van der Waals surface area contributed by atoms with Gasteiger partial charge in [0.05, 0.1) is 0 Å². The minimum absolute atomic E-state index is 0.0829. The monoisotopic (exact) mass is 1040 g/mol. The average Bonchev–Trinajstić information content (AvgIpc) is 3.35. The van der Waals surface area contributed by atoms with Crippen molar-refractivity contribution in [3.05, 3.63) is 65.7 Å². The molecule has 1 N–H and O–H groups in total. The van der Waals surface area contributed by atoms with Crippen molar-refractivity contribution in [3.63, 3.8) is 0 Å². The summed E-state index contributed by atoms with van der Waals surface area (Å²) in [6, 6.07) is 12.4. The lowest BCUT2D eigenvalue weighted by Crippen LogP contribution is -2.67. The molecular formula is C57H84N6O12. The predicted octanol–water partition coefficient (Wildman–Crippen LogP) is 5.22.